The maximum atomic E-state index is 15.3. The van der Waals surface area contributed by atoms with Crippen LogP contribution in [-0.2, 0) is 14.3 Å². The van der Waals surface area contributed by atoms with Crippen molar-refractivity contribution >= 4 is 11.9 Å². The van der Waals surface area contributed by atoms with Crippen molar-refractivity contribution in [2.24, 2.45) is 28.6 Å². The molecule has 1 saturated heterocycles. The number of aliphatic carboxylic acids is 1. The average molecular weight is 350 g/mol. The van der Waals surface area contributed by atoms with Gasteiger partial charge < -0.3 is 14.9 Å². The van der Waals surface area contributed by atoms with Gasteiger partial charge in [0, 0.05) is 11.8 Å². The van der Waals surface area contributed by atoms with E-state index in [9.17, 15) is 19.8 Å². The third-order valence-corrected chi connectivity index (χ3v) is 8.51. The molecule has 0 amide bonds. The summed E-state index contributed by atoms with van der Waals surface area (Å²) in [6.45, 7) is 5.56. The summed E-state index contributed by atoms with van der Waals surface area (Å²) < 4.78 is 21.2. The molecule has 1 spiro atoms. The van der Waals surface area contributed by atoms with Crippen LogP contribution in [0.3, 0.4) is 0 Å². The molecule has 4 saturated carbocycles. The minimum absolute atomic E-state index is 0.155. The van der Waals surface area contributed by atoms with Crippen molar-refractivity contribution in [3.63, 3.8) is 0 Å². The van der Waals surface area contributed by atoms with Crippen molar-refractivity contribution in [1.82, 2.24) is 0 Å². The molecule has 1 heterocycles. The number of rotatable bonds is 1. The molecule has 5 aliphatic rings. The molecule has 6 heteroatoms. The van der Waals surface area contributed by atoms with Crippen molar-refractivity contribution in [1.29, 1.82) is 0 Å². The number of esters is 1. The zero-order valence-corrected chi connectivity index (χ0v) is 14.3. The Labute approximate surface area is 145 Å². The van der Waals surface area contributed by atoms with E-state index < -0.39 is 52.0 Å². The second-order valence-corrected chi connectivity index (χ2v) is 9.22. The summed E-state index contributed by atoms with van der Waals surface area (Å²) >= 11 is 0. The number of carboxylic acid groups (broad SMARTS) is 1. The zero-order valence-electron chi connectivity index (χ0n) is 14.3. The molecule has 136 valence electrons. The van der Waals surface area contributed by atoms with Crippen LogP contribution >= 0.6 is 0 Å². The minimum Gasteiger partial charge on any atom is -0.481 e. The number of carboxylic acids is 1. The molecule has 1 aliphatic heterocycles. The normalized spacial score (nSPS) is 58.7. The van der Waals surface area contributed by atoms with E-state index in [0.29, 0.717) is 37.7 Å². The van der Waals surface area contributed by atoms with Crippen molar-refractivity contribution in [2.75, 3.05) is 0 Å². The Hall–Kier alpha value is -1.43. The van der Waals surface area contributed by atoms with E-state index in [1.165, 1.54) is 0 Å². The van der Waals surface area contributed by atoms with Gasteiger partial charge in [-0.3, -0.25) is 9.59 Å². The first-order valence-corrected chi connectivity index (χ1v) is 9.13. The molecule has 0 unspecified atom stereocenters. The van der Waals surface area contributed by atoms with E-state index in [-0.39, 0.29) is 12.3 Å². The number of hydrogen-bond donors (Lipinski definition) is 2. The summed E-state index contributed by atoms with van der Waals surface area (Å²) in [5, 5.41) is 20.7. The lowest BCUT2D eigenvalue weighted by molar-refractivity contribution is -0.163. The molecule has 5 rings (SSSR count). The Balaban J connectivity index is 1.76. The smallest absolute Gasteiger partial charge is 0.315 e. The van der Waals surface area contributed by atoms with Crippen molar-refractivity contribution in [3.05, 3.63) is 12.2 Å². The Bertz CT molecular complexity index is 735. The Morgan fingerprint density at radius 3 is 2.76 bits per heavy atom. The lowest BCUT2D eigenvalue weighted by atomic mass is 9.59. The maximum Gasteiger partial charge on any atom is 0.315 e. The Kier molecular flexibility index (Phi) is 2.59. The van der Waals surface area contributed by atoms with Gasteiger partial charge in [0.05, 0.1) is 17.4 Å². The monoisotopic (exact) mass is 350 g/mol. The van der Waals surface area contributed by atoms with Crippen molar-refractivity contribution in [2.45, 2.75) is 62.8 Å². The Morgan fingerprint density at radius 1 is 1.36 bits per heavy atom. The van der Waals surface area contributed by atoms with Gasteiger partial charge in [-0.05, 0) is 56.4 Å². The molecular formula is C19H23FO5. The molecule has 0 radical (unpaired) electrons. The highest BCUT2D eigenvalue weighted by Crippen LogP contribution is 2.78. The number of fused-ring (bicyclic) bond motifs is 1. The number of aliphatic hydroxyl groups excluding tert-OH is 1. The summed E-state index contributed by atoms with van der Waals surface area (Å²) in [6, 6.07) is 0. The third kappa shape index (κ3) is 1.40. The van der Waals surface area contributed by atoms with Crippen LogP contribution in [0.5, 0.6) is 0 Å². The fourth-order valence-corrected chi connectivity index (χ4v) is 7.61. The van der Waals surface area contributed by atoms with Gasteiger partial charge >= 0.3 is 11.9 Å². The van der Waals surface area contributed by atoms with Crippen molar-refractivity contribution < 1.29 is 28.9 Å². The van der Waals surface area contributed by atoms with Gasteiger partial charge in [-0.2, -0.15) is 0 Å². The lowest BCUT2D eigenvalue weighted by Gasteiger charge is -2.45. The zero-order chi connectivity index (χ0) is 18.0. The third-order valence-electron chi connectivity index (χ3n) is 8.51. The second kappa shape index (κ2) is 4.11. The SMILES string of the molecule is C=C1C[C@@]23C[C@]1(F)CC[C@H]2[C@@]12CC[C@H](O)[C@@](C)(C(=O)O1)[C@H]2[C@@H]3C(=O)O. The predicted molar refractivity (Wildman–Crippen MR) is 84.2 cm³/mol. The molecule has 5 fully saturated rings. The quantitative estimate of drug-likeness (QED) is 0.560. The van der Waals surface area contributed by atoms with Crippen LogP contribution in [0, 0.1) is 28.6 Å². The van der Waals surface area contributed by atoms with Crippen LogP contribution in [0.4, 0.5) is 4.39 Å². The van der Waals surface area contributed by atoms with E-state index in [1.807, 2.05) is 0 Å². The largest absolute Gasteiger partial charge is 0.481 e. The molecule has 2 N–H and O–H groups in total. The molecule has 4 bridgehead atoms. The summed E-state index contributed by atoms with van der Waals surface area (Å²) in [5.41, 5.74) is -3.87. The number of ether oxygens (including phenoxy) is 1. The van der Waals surface area contributed by atoms with E-state index in [2.05, 4.69) is 6.58 Å². The van der Waals surface area contributed by atoms with Gasteiger partial charge in [-0.25, -0.2) is 4.39 Å². The van der Waals surface area contributed by atoms with Crippen LogP contribution in [-0.4, -0.2) is 39.5 Å². The summed E-state index contributed by atoms with van der Waals surface area (Å²) in [4.78, 5) is 25.1. The fourth-order valence-electron chi connectivity index (χ4n) is 7.61. The number of halogens is 1. The predicted octanol–water partition coefficient (Wildman–Crippen LogP) is 2.23. The standard InChI is InChI=1S/C19H23FO5/c1-9-7-17-8-18(9,20)5-3-10(17)19-6-4-11(21)16(2,15(24)25-19)13(19)12(17)14(22)23/h10-13,21H,1,3-8H2,2H3,(H,22,23)/t10-,11+,12-,13-,16-,17-,18-,19-/m1/s1. The highest BCUT2D eigenvalue weighted by atomic mass is 19.1. The topological polar surface area (TPSA) is 83.8 Å². The number of alkyl halides is 1. The average Bonchev–Trinajstić information content (AvgIpc) is 2.95. The number of allylic oxidation sites excluding steroid dienone is 1. The van der Waals surface area contributed by atoms with Crippen LogP contribution in [0.2, 0.25) is 0 Å². The van der Waals surface area contributed by atoms with Gasteiger partial charge in [0.15, 0.2) is 0 Å². The van der Waals surface area contributed by atoms with Gasteiger partial charge in [0.2, 0.25) is 0 Å². The number of hydrogen-bond acceptors (Lipinski definition) is 4. The number of aliphatic hydroxyl groups is 1. The molecule has 0 aromatic heterocycles. The lowest BCUT2D eigenvalue weighted by Crippen LogP contribution is -2.53. The highest BCUT2D eigenvalue weighted by Gasteiger charge is 2.84. The van der Waals surface area contributed by atoms with Crippen LogP contribution in [0.15, 0.2) is 12.2 Å². The summed E-state index contributed by atoms with van der Waals surface area (Å²) in [6.07, 6.45) is 1.28. The molecule has 5 nitrogen and oxygen atoms in total. The molecule has 4 aliphatic carbocycles. The molecule has 8 atom stereocenters. The van der Waals surface area contributed by atoms with Gasteiger partial charge in [0.25, 0.3) is 0 Å². The van der Waals surface area contributed by atoms with E-state index in [4.69, 9.17) is 4.74 Å². The summed E-state index contributed by atoms with van der Waals surface area (Å²) in [5.74, 6) is -3.16. The molecule has 0 aromatic carbocycles. The van der Waals surface area contributed by atoms with Crippen molar-refractivity contribution in [3.8, 4) is 0 Å². The first kappa shape index (κ1) is 15.8. The maximum absolute atomic E-state index is 15.3. The fraction of sp³-hybridized carbons (Fsp3) is 0.789. The molecule has 25 heavy (non-hydrogen) atoms. The van der Waals surface area contributed by atoms with Gasteiger partial charge in [-0.15, -0.1) is 0 Å². The Morgan fingerprint density at radius 2 is 2.08 bits per heavy atom. The van der Waals surface area contributed by atoms with Crippen LogP contribution in [0.1, 0.15) is 45.4 Å². The number of carbonyl (C=O) groups is 2. The van der Waals surface area contributed by atoms with E-state index in [0.717, 1.165) is 0 Å². The minimum atomic E-state index is -1.50. The number of carbonyl (C=O) groups excluding carboxylic acids is 1. The first-order chi connectivity index (χ1) is 11.6. The van der Waals surface area contributed by atoms with Crippen LogP contribution in [0.25, 0.3) is 0 Å². The van der Waals surface area contributed by atoms with E-state index in [1.54, 1.807) is 6.92 Å². The highest BCUT2D eigenvalue weighted by molar-refractivity contribution is 5.85. The second-order valence-electron chi connectivity index (χ2n) is 9.22. The first-order valence-electron chi connectivity index (χ1n) is 9.13. The molecule has 0 aromatic rings. The van der Waals surface area contributed by atoms with Gasteiger partial charge in [0.1, 0.15) is 11.3 Å². The molecular weight excluding hydrogens is 327 g/mol. The van der Waals surface area contributed by atoms with E-state index >= 15 is 4.39 Å². The van der Waals surface area contributed by atoms with Gasteiger partial charge in [-0.1, -0.05) is 6.58 Å². The van der Waals surface area contributed by atoms with Crippen LogP contribution < -0.4 is 0 Å². The summed E-state index contributed by atoms with van der Waals surface area (Å²) in [7, 11) is 0.